The number of aryl methyl sites for hydroxylation is 1. The lowest BCUT2D eigenvalue weighted by atomic mass is 10.1. The van der Waals surface area contributed by atoms with Crippen molar-refractivity contribution >= 4 is 52.2 Å². The number of alkyl carbamates (subject to hydrolysis) is 1. The summed E-state index contributed by atoms with van der Waals surface area (Å²) in [6, 6.07) is 6.10. The van der Waals surface area contributed by atoms with E-state index in [9.17, 15) is 24.0 Å². The molecule has 1 aromatic carbocycles. The summed E-state index contributed by atoms with van der Waals surface area (Å²) in [6.45, 7) is 8.03. The summed E-state index contributed by atoms with van der Waals surface area (Å²) in [6.07, 6.45) is 4.69. The number of nitrogens with one attached hydrogen (secondary N) is 2. The van der Waals surface area contributed by atoms with Crippen molar-refractivity contribution in [1.29, 1.82) is 0 Å². The Morgan fingerprint density at radius 1 is 1.16 bits per heavy atom. The minimum atomic E-state index is -0.705. The van der Waals surface area contributed by atoms with E-state index in [-0.39, 0.29) is 40.9 Å². The summed E-state index contributed by atoms with van der Waals surface area (Å²) in [5, 5.41) is 5.50. The van der Waals surface area contributed by atoms with E-state index < -0.39 is 41.2 Å². The molecule has 1 saturated heterocycles. The van der Waals surface area contributed by atoms with Gasteiger partial charge >= 0.3 is 11.8 Å². The number of allylic oxidation sites excluding steroid dienone is 2. The van der Waals surface area contributed by atoms with Crippen molar-refractivity contribution in [3.05, 3.63) is 62.8 Å². The summed E-state index contributed by atoms with van der Waals surface area (Å²) in [4.78, 5) is 71.8. The second-order valence-corrected chi connectivity index (χ2v) is 11.8. The van der Waals surface area contributed by atoms with Gasteiger partial charge in [0.1, 0.15) is 11.5 Å². The van der Waals surface area contributed by atoms with Gasteiger partial charge in [0.2, 0.25) is 11.9 Å². The fraction of sp³-hybridized carbons (Fsp3) is 0.467. The van der Waals surface area contributed by atoms with E-state index in [1.165, 1.54) is 17.7 Å². The van der Waals surface area contributed by atoms with Crippen molar-refractivity contribution in [3.8, 4) is 0 Å². The van der Waals surface area contributed by atoms with Crippen molar-refractivity contribution < 1.29 is 19.1 Å². The highest BCUT2D eigenvalue weighted by atomic mass is 35.5. The van der Waals surface area contributed by atoms with Gasteiger partial charge in [-0.15, -0.1) is 11.6 Å². The molecule has 1 atom stereocenters. The molecule has 0 aliphatic carbocycles. The molecule has 3 heterocycles. The molecular weight excluding hydrogens is 590 g/mol. The van der Waals surface area contributed by atoms with E-state index in [2.05, 4.69) is 10.6 Å². The van der Waals surface area contributed by atoms with E-state index >= 15 is 0 Å². The van der Waals surface area contributed by atoms with Crippen LogP contribution in [0.2, 0.25) is 0 Å². The first-order valence-corrected chi connectivity index (χ1v) is 14.9. The number of piperidine rings is 1. The summed E-state index contributed by atoms with van der Waals surface area (Å²) in [5.41, 5.74) is -1.29. The third kappa shape index (κ3) is 7.21. The second kappa shape index (κ2) is 13.5. The number of carbonyl (C=O) groups excluding carboxylic acids is 3. The number of nitrogens with zero attached hydrogens (tertiary/aromatic N) is 5. The van der Waals surface area contributed by atoms with Gasteiger partial charge in [-0.3, -0.25) is 23.5 Å². The average molecular weight is 628 g/mol. The summed E-state index contributed by atoms with van der Waals surface area (Å²) >= 11 is 5.61. The van der Waals surface area contributed by atoms with E-state index in [1.807, 2.05) is 24.0 Å². The third-order valence-corrected chi connectivity index (χ3v) is 7.33. The maximum atomic E-state index is 13.9. The van der Waals surface area contributed by atoms with E-state index in [0.29, 0.717) is 19.0 Å². The third-order valence-electron chi connectivity index (χ3n) is 7.09. The molecule has 0 bridgehead atoms. The van der Waals surface area contributed by atoms with E-state index in [0.717, 1.165) is 17.4 Å². The summed E-state index contributed by atoms with van der Waals surface area (Å²) < 4.78 is 9.28. The Balaban J connectivity index is 1.73. The number of ketones is 1. The second-order valence-electron chi connectivity index (χ2n) is 11.6. The van der Waals surface area contributed by atoms with Gasteiger partial charge in [0.05, 0.1) is 12.2 Å². The van der Waals surface area contributed by atoms with Crippen molar-refractivity contribution in [3.63, 3.8) is 0 Å². The monoisotopic (exact) mass is 627 g/mol. The zero-order chi connectivity index (χ0) is 32.2. The number of carbonyl (C=O) groups is 3. The average Bonchev–Trinajstić information content (AvgIpc) is 3.36. The van der Waals surface area contributed by atoms with Gasteiger partial charge < -0.3 is 24.8 Å². The Morgan fingerprint density at radius 2 is 1.89 bits per heavy atom. The molecule has 2 aromatic heterocycles. The number of anilines is 2. The normalized spacial score (nSPS) is 15.5. The van der Waals surface area contributed by atoms with Crippen LogP contribution in [0.1, 0.15) is 50.9 Å². The first kappa shape index (κ1) is 32.5. The van der Waals surface area contributed by atoms with Crippen molar-refractivity contribution in [2.45, 2.75) is 65.3 Å². The number of rotatable bonds is 9. The standard InChI is InChI=1S/C30H38ClN7O6/c1-6-7-15-37-24-25(34-27(37)36-14-10-11-19(17-36)32-28(42)44-30(2,3)4)35(5)29(43)38(26(24)41)18-22(39)20-12-8-9-13-21(20)33-23(40)16-31/h6-9,12-13,19H,10-11,14-18H2,1-5H3,(H,32,42)(H,33,40)/t19-/m1/s1. The Hall–Kier alpha value is -4.39. The predicted octanol–water partition coefficient (Wildman–Crippen LogP) is 3.03. The quantitative estimate of drug-likeness (QED) is 0.209. The summed E-state index contributed by atoms with van der Waals surface area (Å²) in [7, 11) is 1.50. The molecule has 2 amide bonds. The molecule has 14 heteroatoms. The molecule has 13 nitrogen and oxygen atoms in total. The molecule has 0 saturated carbocycles. The van der Waals surface area contributed by atoms with Crippen LogP contribution in [0.4, 0.5) is 16.4 Å². The fourth-order valence-electron chi connectivity index (χ4n) is 5.12. The molecule has 0 radical (unpaired) electrons. The van der Waals surface area contributed by atoms with Gasteiger partial charge in [-0.05, 0) is 52.7 Å². The van der Waals surface area contributed by atoms with Crippen LogP contribution in [0.3, 0.4) is 0 Å². The van der Waals surface area contributed by atoms with Crippen LogP contribution in [-0.4, -0.2) is 67.1 Å². The number of halogens is 1. The van der Waals surface area contributed by atoms with Crippen LogP contribution in [-0.2, 0) is 29.7 Å². The van der Waals surface area contributed by atoms with Crippen molar-refractivity contribution in [2.24, 2.45) is 7.05 Å². The molecule has 1 aliphatic heterocycles. The number of Topliss-reactive ketones (excluding diaryl/α,β-unsaturated/α-hetero) is 1. The molecular formula is C30H38ClN7O6. The van der Waals surface area contributed by atoms with Gasteiger partial charge in [-0.25, -0.2) is 9.59 Å². The number of hydrogen-bond acceptors (Lipinski definition) is 8. The van der Waals surface area contributed by atoms with Gasteiger partial charge in [0.25, 0.3) is 5.56 Å². The first-order chi connectivity index (χ1) is 20.8. The number of amides is 2. The van der Waals surface area contributed by atoms with Crippen LogP contribution >= 0.6 is 11.6 Å². The predicted molar refractivity (Wildman–Crippen MR) is 169 cm³/mol. The highest BCUT2D eigenvalue weighted by Crippen LogP contribution is 2.24. The molecule has 236 valence electrons. The first-order valence-electron chi connectivity index (χ1n) is 14.4. The molecule has 44 heavy (non-hydrogen) atoms. The topological polar surface area (TPSA) is 150 Å². The fourth-order valence-corrected chi connectivity index (χ4v) is 5.19. The number of aromatic nitrogens is 4. The number of ether oxygens (including phenoxy) is 1. The number of imidazole rings is 1. The van der Waals surface area contributed by atoms with Crippen LogP contribution in [0.15, 0.2) is 46.0 Å². The minimum absolute atomic E-state index is 0.139. The number of fused-ring (bicyclic) bond motifs is 1. The maximum Gasteiger partial charge on any atom is 0.407 e. The largest absolute Gasteiger partial charge is 0.444 e. The van der Waals surface area contributed by atoms with Crippen LogP contribution < -0.4 is 26.8 Å². The van der Waals surface area contributed by atoms with Crippen molar-refractivity contribution in [2.75, 3.05) is 29.2 Å². The zero-order valence-electron chi connectivity index (χ0n) is 25.6. The Labute approximate surface area is 259 Å². The number of benzene rings is 1. The van der Waals surface area contributed by atoms with Gasteiger partial charge in [0.15, 0.2) is 16.9 Å². The lowest BCUT2D eigenvalue weighted by Gasteiger charge is -2.34. The molecule has 3 aromatic rings. The number of hydrogen-bond donors (Lipinski definition) is 2. The lowest BCUT2D eigenvalue weighted by molar-refractivity contribution is -0.113. The Bertz CT molecular complexity index is 1720. The van der Waals surface area contributed by atoms with Gasteiger partial charge in [-0.1, -0.05) is 24.3 Å². The molecule has 0 unspecified atom stereocenters. The highest BCUT2D eigenvalue weighted by Gasteiger charge is 2.29. The van der Waals surface area contributed by atoms with E-state index in [4.69, 9.17) is 21.3 Å². The SMILES string of the molecule is CC=CCn1c(N2CCC[C@@H](NC(=O)OC(C)(C)C)C2)nc2c1c(=O)n(CC(=O)c1ccccc1NC(=O)CCl)c(=O)n2C. The molecule has 1 aliphatic rings. The smallest absolute Gasteiger partial charge is 0.407 e. The number of para-hydroxylation sites is 1. The molecule has 1 fully saturated rings. The summed E-state index contributed by atoms with van der Waals surface area (Å²) in [5.74, 6) is -0.866. The van der Waals surface area contributed by atoms with Crippen LogP contribution in [0.5, 0.6) is 0 Å². The van der Waals surface area contributed by atoms with Gasteiger partial charge in [-0.2, -0.15) is 4.98 Å². The van der Waals surface area contributed by atoms with E-state index in [1.54, 1.807) is 43.5 Å². The highest BCUT2D eigenvalue weighted by molar-refractivity contribution is 6.29. The maximum absolute atomic E-state index is 13.9. The zero-order valence-corrected chi connectivity index (χ0v) is 26.3. The Morgan fingerprint density at radius 3 is 2.57 bits per heavy atom. The van der Waals surface area contributed by atoms with Crippen LogP contribution in [0, 0.1) is 0 Å². The lowest BCUT2D eigenvalue weighted by Crippen LogP contribution is -2.49. The van der Waals surface area contributed by atoms with Crippen LogP contribution in [0.25, 0.3) is 11.2 Å². The minimum Gasteiger partial charge on any atom is -0.444 e. The van der Waals surface area contributed by atoms with Crippen molar-refractivity contribution in [1.82, 2.24) is 24.0 Å². The number of alkyl halides is 1. The molecule has 2 N–H and O–H groups in total. The molecule has 0 spiro atoms. The molecule has 4 rings (SSSR count). The Kier molecular flexibility index (Phi) is 9.98. The van der Waals surface area contributed by atoms with Gasteiger partial charge in [0, 0.05) is 38.3 Å².